The molecule has 35 heavy (non-hydrogen) atoms. The molecule has 0 unspecified atom stereocenters. The molecule has 1 saturated heterocycles. The van der Waals surface area contributed by atoms with E-state index >= 15 is 0 Å². The predicted molar refractivity (Wildman–Crippen MR) is 128 cm³/mol. The van der Waals surface area contributed by atoms with Gasteiger partial charge in [-0.25, -0.2) is 4.79 Å². The van der Waals surface area contributed by atoms with Crippen LogP contribution in [0.15, 0.2) is 54.7 Å². The number of benzene rings is 2. The van der Waals surface area contributed by atoms with E-state index in [4.69, 9.17) is 9.84 Å². The number of nitrogens with zero attached hydrogens (tertiary/aromatic N) is 3. The first-order valence-corrected chi connectivity index (χ1v) is 11.6. The van der Waals surface area contributed by atoms with E-state index in [1.807, 2.05) is 36.4 Å². The molecule has 2 aromatic carbocycles. The van der Waals surface area contributed by atoms with Crippen LogP contribution >= 0.6 is 0 Å². The van der Waals surface area contributed by atoms with Crippen LogP contribution in [0.2, 0.25) is 0 Å². The van der Waals surface area contributed by atoms with Crippen LogP contribution in [0.5, 0.6) is 0 Å². The summed E-state index contributed by atoms with van der Waals surface area (Å²) in [5.41, 5.74) is 4.79. The molecule has 2 aliphatic rings. The zero-order valence-electron chi connectivity index (χ0n) is 19.3. The van der Waals surface area contributed by atoms with Gasteiger partial charge in [0.1, 0.15) is 6.61 Å². The molecule has 0 spiro atoms. The zero-order valence-corrected chi connectivity index (χ0v) is 19.3. The predicted octanol–water partition coefficient (Wildman–Crippen LogP) is 3.86. The Labute approximate surface area is 202 Å². The Bertz CT molecular complexity index is 1250. The number of carboxylic acid groups (broad SMARTS) is 1. The molecule has 2 N–H and O–H groups in total. The van der Waals surface area contributed by atoms with Gasteiger partial charge in [-0.15, -0.1) is 0 Å². The maximum atomic E-state index is 13.2. The minimum atomic E-state index is -0.951. The summed E-state index contributed by atoms with van der Waals surface area (Å²) in [6.45, 7) is 0.605. The lowest BCUT2D eigenvalue weighted by atomic mass is 9.98. The topological polar surface area (TPSA) is 114 Å². The van der Waals surface area contributed by atoms with Crippen LogP contribution in [0.4, 0.5) is 10.5 Å². The van der Waals surface area contributed by atoms with Gasteiger partial charge in [0.15, 0.2) is 5.69 Å². The number of aliphatic carboxylic acids is 1. The first-order chi connectivity index (χ1) is 16.9. The molecular weight excluding hydrogens is 448 g/mol. The summed E-state index contributed by atoms with van der Waals surface area (Å²) in [7, 11) is 1.65. The van der Waals surface area contributed by atoms with Gasteiger partial charge in [-0.2, -0.15) is 5.10 Å². The van der Waals surface area contributed by atoms with E-state index in [0.29, 0.717) is 13.0 Å². The number of carbonyl (C=O) groups excluding carboxylic acids is 2. The van der Waals surface area contributed by atoms with Crippen molar-refractivity contribution < 1.29 is 24.2 Å². The first-order valence-electron chi connectivity index (χ1n) is 11.6. The molecule has 9 nitrogen and oxygen atoms in total. The number of aryl methyl sites for hydroxylation is 1. The quantitative estimate of drug-likeness (QED) is 0.561. The molecule has 5 rings (SSSR count). The number of anilines is 1. The van der Waals surface area contributed by atoms with Crippen molar-refractivity contribution in [1.29, 1.82) is 0 Å². The smallest absolute Gasteiger partial charge is 0.411 e. The highest BCUT2D eigenvalue weighted by Crippen LogP contribution is 2.44. The molecule has 1 aliphatic carbocycles. The van der Waals surface area contributed by atoms with Crippen LogP contribution in [0.3, 0.4) is 0 Å². The number of ether oxygens (including phenoxy) is 1. The second-order valence-corrected chi connectivity index (χ2v) is 8.91. The fraction of sp³-hybridized carbons (Fsp3) is 0.308. The molecule has 180 valence electrons. The van der Waals surface area contributed by atoms with Gasteiger partial charge in [0.2, 0.25) is 0 Å². The largest absolute Gasteiger partial charge is 0.481 e. The van der Waals surface area contributed by atoms with E-state index in [2.05, 4.69) is 22.5 Å². The van der Waals surface area contributed by atoms with Gasteiger partial charge in [-0.1, -0.05) is 48.5 Å². The summed E-state index contributed by atoms with van der Waals surface area (Å²) in [6.07, 6.45) is 2.09. The number of amides is 2. The minimum Gasteiger partial charge on any atom is -0.481 e. The van der Waals surface area contributed by atoms with Gasteiger partial charge in [0.05, 0.1) is 12.1 Å². The van der Waals surface area contributed by atoms with Crippen molar-refractivity contribution in [2.75, 3.05) is 18.5 Å². The maximum absolute atomic E-state index is 13.2. The lowest BCUT2D eigenvalue weighted by molar-refractivity contribution is -0.137. The number of carboxylic acids is 1. The van der Waals surface area contributed by atoms with Crippen LogP contribution in [0, 0.1) is 0 Å². The van der Waals surface area contributed by atoms with Gasteiger partial charge in [-0.05, 0) is 35.1 Å². The van der Waals surface area contributed by atoms with Gasteiger partial charge in [0.25, 0.3) is 5.91 Å². The average Bonchev–Trinajstić information content (AvgIpc) is 3.53. The Balaban J connectivity index is 1.29. The van der Waals surface area contributed by atoms with E-state index in [9.17, 15) is 14.4 Å². The Kier molecular flexibility index (Phi) is 5.98. The highest BCUT2D eigenvalue weighted by atomic mass is 16.5. The minimum absolute atomic E-state index is 0.0679. The third-order valence-corrected chi connectivity index (χ3v) is 6.66. The number of hydrogen-bond donors (Lipinski definition) is 2. The van der Waals surface area contributed by atoms with Crippen molar-refractivity contribution in [3.05, 3.63) is 71.5 Å². The Morgan fingerprint density at radius 2 is 1.74 bits per heavy atom. The number of carbonyl (C=O) groups is 3. The molecule has 0 bridgehead atoms. The highest BCUT2D eigenvalue weighted by molar-refractivity contribution is 6.01. The summed E-state index contributed by atoms with van der Waals surface area (Å²) < 4.78 is 7.04. The van der Waals surface area contributed by atoms with Gasteiger partial charge in [-0.3, -0.25) is 19.6 Å². The van der Waals surface area contributed by atoms with Crippen LogP contribution in [0.25, 0.3) is 11.1 Å². The Morgan fingerprint density at radius 3 is 2.40 bits per heavy atom. The lowest BCUT2D eigenvalue weighted by Gasteiger charge is -2.23. The van der Waals surface area contributed by atoms with Crippen LogP contribution in [-0.4, -0.2) is 57.0 Å². The van der Waals surface area contributed by atoms with Crippen LogP contribution in [-0.2, 0) is 16.6 Å². The number of rotatable bonds is 6. The molecule has 2 heterocycles. The summed E-state index contributed by atoms with van der Waals surface area (Å²) in [5, 5.41) is 16.0. The van der Waals surface area contributed by atoms with Crippen LogP contribution in [0.1, 0.15) is 46.8 Å². The number of likely N-dealkylation sites (tertiary alicyclic amines) is 1. The molecule has 1 aliphatic heterocycles. The Morgan fingerprint density at radius 1 is 1.09 bits per heavy atom. The monoisotopic (exact) mass is 474 g/mol. The standard InChI is InChI=1S/C26H26N4O5/c1-29-14-22(24(28-29)25(33)30-12-6-7-16(30)13-23(31)32)27-26(34)35-15-21-19-10-4-2-8-17(19)18-9-3-5-11-20(18)21/h2-5,8-11,14,16,21H,6-7,12-13,15H2,1H3,(H,27,34)(H,31,32)/t16-/m1/s1. The van der Waals surface area contributed by atoms with Crippen molar-refractivity contribution >= 4 is 23.7 Å². The second-order valence-electron chi connectivity index (χ2n) is 8.91. The number of aromatic nitrogens is 2. The van der Waals surface area contributed by atoms with Gasteiger partial charge in [0, 0.05) is 31.7 Å². The summed E-state index contributed by atoms with van der Waals surface area (Å²) in [4.78, 5) is 38.6. The van der Waals surface area contributed by atoms with Crippen molar-refractivity contribution in [2.24, 2.45) is 7.05 Å². The maximum Gasteiger partial charge on any atom is 0.411 e. The van der Waals surface area contributed by atoms with Crippen molar-refractivity contribution in [2.45, 2.75) is 31.2 Å². The summed E-state index contributed by atoms with van der Waals surface area (Å²) in [6, 6.07) is 15.8. The van der Waals surface area contributed by atoms with E-state index in [0.717, 1.165) is 28.7 Å². The summed E-state index contributed by atoms with van der Waals surface area (Å²) in [5.74, 6) is -1.43. The molecule has 0 saturated carbocycles. The SMILES string of the molecule is Cn1cc(NC(=O)OCC2c3ccccc3-c3ccccc32)c(C(=O)N2CCC[C@@H]2CC(=O)O)n1. The number of hydrogen-bond acceptors (Lipinski definition) is 5. The normalized spacial score (nSPS) is 16.6. The molecule has 2 amide bonds. The zero-order chi connectivity index (χ0) is 24.5. The van der Waals surface area contributed by atoms with Crippen molar-refractivity contribution in [1.82, 2.24) is 14.7 Å². The van der Waals surface area contributed by atoms with E-state index in [1.54, 1.807) is 7.05 Å². The molecule has 9 heteroatoms. The Hall–Kier alpha value is -4.14. The van der Waals surface area contributed by atoms with Crippen LogP contribution < -0.4 is 5.32 Å². The molecule has 1 fully saturated rings. The van der Waals surface area contributed by atoms with E-state index in [-0.39, 0.29) is 36.4 Å². The van der Waals surface area contributed by atoms with Gasteiger partial charge >= 0.3 is 12.1 Å². The molecule has 3 aromatic rings. The van der Waals surface area contributed by atoms with E-state index in [1.165, 1.54) is 15.8 Å². The molecule has 1 atom stereocenters. The third kappa shape index (κ3) is 4.37. The number of fused-ring (bicyclic) bond motifs is 3. The number of nitrogens with one attached hydrogen (secondary N) is 1. The fourth-order valence-electron chi connectivity index (χ4n) is 5.14. The molecule has 0 radical (unpaired) electrons. The second kappa shape index (κ2) is 9.25. The highest BCUT2D eigenvalue weighted by Gasteiger charge is 2.34. The molecular formula is C26H26N4O5. The third-order valence-electron chi connectivity index (χ3n) is 6.66. The molecule has 1 aromatic heterocycles. The van der Waals surface area contributed by atoms with Crippen molar-refractivity contribution in [3.8, 4) is 11.1 Å². The van der Waals surface area contributed by atoms with E-state index < -0.39 is 18.0 Å². The average molecular weight is 475 g/mol. The van der Waals surface area contributed by atoms with Crippen molar-refractivity contribution in [3.63, 3.8) is 0 Å². The van der Waals surface area contributed by atoms with Gasteiger partial charge < -0.3 is 14.7 Å². The lowest BCUT2D eigenvalue weighted by Crippen LogP contribution is -2.37. The first kappa shape index (κ1) is 22.6. The fourth-order valence-corrected chi connectivity index (χ4v) is 5.14. The summed E-state index contributed by atoms with van der Waals surface area (Å²) >= 11 is 0.